The van der Waals surface area contributed by atoms with Crippen molar-refractivity contribution in [2.75, 3.05) is 26.2 Å². The van der Waals surface area contributed by atoms with Gasteiger partial charge in [-0.1, -0.05) is 23.7 Å². The van der Waals surface area contributed by atoms with Gasteiger partial charge >= 0.3 is 6.09 Å². The molecule has 1 aliphatic carbocycles. The van der Waals surface area contributed by atoms with Gasteiger partial charge in [-0.3, -0.25) is 9.88 Å². The number of nitrogens with zero attached hydrogens (tertiary/aromatic N) is 5. The van der Waals surface area contributed by atoms with E-state index in [1.807, 2.05) is 68.8 Å². The number of rotatable bonds is 3. The number of piperazine rings is 1. The lowest BCUT2D eigenvalue weighted by molar-refractivity contribution is 0.0117. The van der Waals surface area contributed by atoms with Crippen molar-refractivity contribution in [1.29, 1.82) is 0 Å². The molecular formula is C29H34ClN5O3. The molecule has 1 fully saturated rings. The van der Waals surface area contributed by atoms with Crippen molar-refractivity contribution in [3.05, 3.63) is 82.2 Å². The Morgan fingerprint density at radius 2 is 1.87 bits per heavy atom. The minimum absolute atomic E-state index is 0.185. The fourth-order valence-electron chi connectivity index (χ4n) is 5.39. The Hall–Kier alpha value is -3.20. The van der Waals surface area contributed by atoms with Crippen LogP contribution in [0.2, 0.25) is 5.02 Å². The number of aryl methyl sites for hydroxylation is 1. The standard InChI is InChI=1S/C29H34ClN5O3/c1-28(2,3)38-27(36)35-13-11-34(12-14-35)26-21-9-8-20(30)16-22(21)23(15-19-7-6-10-32-25(19)26)29(4,37)24-17-31-18-33(24)5/h6-10,15-18,26,37H,11-14H2,1-5H3/t26?,29-/m1/s1. The highest BCUT2D eigenvalue weighted by Crippen LogP contribution is 2.46. The molecule has 2 aromatic heterocycles. The lowest BCUT2D eigenvalue weighted by atomic mass is 9.84. The number of imidazole rings is 1. The zero-order chi connectivity index (χ0) is 27.2. The number of carbonyl (C=O) groups is 1. The first kappa shape index (κ1) is 26.4. The van der Waals surface area contributed by atoms with E-state index in [0.29, 0.717) is 36.9 Å². The van der Waals surface area contributed by atoms with Gasteiger partial charge < -0.3 is 19.3 Å². The molecule has 3 aromatic rings. The molecule has 1 saturated heterocycles. The smallest absolute Gasteiger partial charge is 0.410 e. The fraction of sp³-hybridized carbons (Fsp3) is 0.414. The topological polar surface area (TPSA) is 83.7 Å². The van der Waals surface area contributed by atoms with Crippen LogP contribution in [0.1, 0.15) is 61.8 Å². The van der Waals surface area contributed by atoms with E-state index in [1.54, 1.807) is 30.5 Å². The van der Waals surface area contributed by atoms with E-state index < -0.39 is 11.2 Å². The fourth-order valence-corrected chi connectivity index (χ4v) is 5.56. The number of aromatic nitrogens is 3. The Kier molecular flexibility index (Phi) is 6.84. The van der Waals surface area contributed by atoms with E-state index in [2.05, 4.69) is 9.88 Å². The van der Waals surface area contributed by atoms with Crippen LogP contribution in [0.3, 0.4) is 0 Å². The second-order valence-electron chi connectivity index (χ2n) is 11.1. The molecule has 0 bridgehead atoms. The summed E-state index contributed by atoms with van der Waals surface area (Å²) in [6.07, 6.45) is 6.90. The Bertz CT molecular complexity index is 1380. The first-order valence-corrected chi connectivity index (χ1v) is 13.2. The van der Waals surface area contributed by atoms with Crippen LogP contribution >= 0.6 is 11.6 Å². The van der Waals surface area contributed by atoms with Crippen LogP contribution in [0.4, 0.5) is 4.79 Å². The third-order valence-corrected chi connectivity index (χ3v) is 7.44. The summed E-state index contributed by atoms with van der Waals surface area (Å²) >= 11 is 6.54. The van der Waals surface area contributed by atoms with Crippen molar-refractivity contribution < 1.29 is 14.6 Å². The van der Waals surface area contributed by atoms with Crippen molar-refractivity contribution in [2.24, 2.45) is 7.05 Å². The molecule has 2 aliphatic rings. The minimum atomic E-state index is -1.35. The number of hydrogen-bond donors (Lipinski definition) is 1. The molecule has 1 aromatic carbocycles. The summed E-state index contributed by atoms with van der Waals surface area (Å²) < 4.78 is 7.43. The molecule has 1 unspecified atom stereocenters. The van der Waals surface area contributed by atoms with E-state index in [0.717, 1.165) is 28.0 Å². The van der Waals surface area contributed by atoms with Crippen molar-refractivity contribution in [1.82, 2.24) is 24.3 Å². The van der Waals surface area contributed by atoms with E-state index >= 15 is 0 Å². The summed E-state index contributed by atoms with van der Waals surface area (Å²) in [5, 5.41) is 12.6. The Balaban J connectivity index is 1.57. The van der Waals surface area contributed by atoms with Crippen molar-refractivity contribution in [3.63, 3.8) is 0 Å². The molecule has 2 atom stereocenters. The molecule has 8 nitrogen and oxygen atoms in total. The zero-order valence-electron chi connectivity index (χ0n) is 22.5. The molecule has 1 amide bonds. The van der Waals surface area contributed by atoms with Gasteiger partial charge in [0.2, 0.25) is 0 Å². The quantitative estimate of drug-likeness (QED) is 0.515. The van der Waals surface area contributed by atoms with Crippen LogP contribution in [0.25, 0.3) is 11.6 Å². The molecular weight excluding hydrogens is 502 g/mol. The summed E-state index contributed by atoms with van der Waals surface area (Å²) in [5.74, 6) is 0. The van der Waals surface area contributed by atoms with Gasteiger partial charge in [0.1, 0.15) is 11.2 Å². The maximum Gasteiger partial charge on any atom is 0.410 e. The first-order chi connectivity index (χ1) is 18.0. The van der Waals surface area contributed by atoms with E-state index in [4.69, 9.17) is 21.3 Å². The number of halogens is 1. The maximum absolute atomic E-state index is 12.7. The van der Waals surface area contributed by atoms with E-state index in [1.165, 1.54) is 0 Å². The van der Waals surface area contributed by atoms with Crippen LogP contribution in [-0.4, -0.2) is 67.3 Å². The predicted molar refractivity (Wildman–Crippen MR) is 148 cm³/mol. The highest BCUT2D eigenvalue weighted by Gasteiger charge is 2.39. The first-order valence-electron chi connectivity index (χ1n) is 12.8. The van der Waals surface area contributed by atoms with Gasteiger partial charge in [0.05, 0.1) is 30.0 Å². The van der Waals surface area contributed by atoms with E-state index in [9.17, 15) is 9.90 Å². The minimum Gasteiger partial charge on any atom is -0.444 e. The largest absolute Gasteiger partial charge is 0.444 e. The monoisotopic (exact) mass is 535 g/mol. The second-order valence-corrected chi connectivity index (χ2v) is 11.6. The van der Waals surface area contributed by atoms with Gasteiger partial charge in [0.25, 0.3) is 0 Å². The second kappa shape index (κ2) is 9.84. The average molecular weight is 536 g/mol. The highest BCUT2D eigenvalue weighted by atomic mass is 35.5. The molecule has 3 heterocycles. The normalized spacial score (nSPS) is 19.6. The molecule has 0 saturated carbocycles. The maximum atomic E-state index is 12.7. The summed E-state index contributed by atoms with van der Waals surface area (Å²) in [6, 6.07) is 9.58. The van der Waals surface area contributed by atoms with Crippen molar-refractivity contribution >= 4 is 29.3 Å². The summed E-state index contributed by atoms with van der Waals surface area (Å²) in [6.45, 7) is 9.81. The molecule has 0 radical (unpaired) electrons. The number of benzene rings is 1. The Morgan fingerprint density at radius 3 is 2.53 bits per heavy atom. The molecule has 1 aliphatic heterocycles. The number of pyridine rings is 1. The lowest BCUT2D eigenvalue weighted by Crippen LogP contribution is -2.51. The molecule has 1 N–H and O–H groups in total. The number of ether oxygens (including phenoxy) is 1. The van der Waals surface area contributed by atoms with Gasteiger partial charge in [0, 0.05) is 44.4 Å². The lowest BCUT2D eigenvalue weighted by Gasteiger charge is -2.40. The average Bonchev–Trinajstić information content (AvgIpc) is 3.24. The van der Waals surface area contributed by atoms with Crippen molar-refractivity contribution in [3.8, 4) is 0 Å². The third-order valence-electron chi connectivity index (χ3n) is 7.20. The number of carbonyl (C=O) groups excluding carboxylic acids is 1. The van der Waals surface area contributed by atoms with Crippen LogP contribution in [0.15, 0.2) is 49.1 Å². The zero-order valence-corrected chi connectivity index (χ0v) is 23.2. The molecule has 5 rings (SSSR count). The summed E-state index contributed by atoms with van der Waals surface area (Å²) in [4.78, 5) is 25.9. The summed E-state index contributed by atoms with van der Waals surface area (Å²) in [7, 11) is 1.87. The van der Waals surface area contributed by atoms with Gasteiger partial charge in [0.15, 0.2) is 0 Å². The Labute approximate surface area is 228 Å². The van der Waals surface area contributed by atoms with Crippen molar-refractivity contribution in [2.45, 2.75) is 44.9 Å². The number of aliphatic hydroxyl groups is 1. The number of hydrogen-bond acceptors (Lipinski definition) is 6. The van der Waals surface area contributed by atoms with Gasteiger partial charge in [-0.15, -0.1) is 0 Å². The van der Waals surface area contributed by atoms with Gasteiger partial charge in [-0.05, 0) is 74.2 Å². The van der Waals surface area contributed by atoms with Gasteiger partial charge in [-0.25, -0.2) is 9.78 Å². The van der Waals surface area contributed by atoms with Crippen LogP contribution in [-0.2, 0) is 17.4 Å². The molecule has 38 heavy (non-hydrogen) atoms. The third kappa shape index (κ3) is 4.96. The van der Waals surface area contributed by atoms with Crippen LogP contribution in [0, 0.1) is 0 Å². The molecule has 9 heteroatoms. The van der Waals surface area contributed by atoms with E-state index in [-0.39, 0.29) is 12.1 Å². The summed E-state index contributed by atoms with van der Waals surface area (Å²) in [5.41, 5.74) is 3.21. The Morgan fingerprint density at radius 1 is 1.13 bits per heavy atom. The van der Waals surface area contributed by atoms with Crippen LogP contribution < -0.4 is 0 Å². The highest BCUT2D eigenvalue weighted by molar-refractivity contribution is 6.30. The van der Waals surface area contributed by atoms with Gasteiger partial charge in [-0.2, -0.15) is 0 Å². The number of amides is 1. The molecule has 0 spiro atoms. The van der Waals surface area contributed by atoms with Crippen LogP contribution in [0.5, 0.6) is 0 Å². The number of fused-ring (bicyclic) bond motifs is 2. The SMILES string of the molecule is Cn1cncc1[C@](C)(O)C1=Cc2cccnc2C(N2CCN(C(=O)OC(C)(C)C)CC2)c2ccc(Cl)cc21. The predicted octanol–water partition coefficient (Wildman–Crippen LogP) is 4.87. The molecule has 200 valence electrons.